The summed E-state index contributed by atoms with van der Waals surface area (Å²) in [5, 5.41) is 2.51. The fraction of sp³-hybridized carbons (Fsp3) is 0.364. The molecule has 92 valence electrons. The van der Waals surface area contributed by atoms with Crippen molar-refractivity contribution < 1.29 is 18.0 Å². The Kier molecular flexibility index (Phi) is 3.33. The lowest BCUT2D eigenvalue weighted by Crippen LogP contribution is -2.14. The summed E-state index contributed by atoms with van der Waals surface area (Å²) in [6.45, 7) is 0. The van der Waals surface area contributed by atoms with Crippen LogP contribution in [0, 0.1) is 9.49 Å². The summed E-state index contributed by atoms with van der Waals surface area (Å²) < 4.78 is 38.1. The minimum Gasteiger partial charge on any atom is -0.326 e. The number of carbonyl (C=O) groups excluding carboxylic acids is 1. The van der Waals surface area contributed by atoms with E-state index in [1.807, 2.05) is 0 Å². The van der Waals surface area contributed by atoms with Crippen LogP contribution in [-0.4, -0.2) is 5.91 Å². The minimum absolute atomic E-state index is 0.0257. The van der Waals surface area contributed by atoms with Gasteiger partial charge in [-0.3, -0.25) is 4.79 Å². The molecule has 0 heterocycles. The van der Waals surface area contributed by atoms with E-state index in [-0.39, 0.29) is 17.5 Å². The summed E-state index contributed by atoms with van der Waals surface area (Å²) in [6.07, 6.45) is -2.75. The highest BCUT2D eigenvalue weighted by molar-refractivity contribution is 14.1. The van der Waals surface area contributed by atoms with Crippen LogP contribution in [0.25, 0.3) is 0 Å². The first-order chi connectivity index (χ1) is 7.86. The Morgan fingerprint density at radius 3 is 2.47 bits per heavy atom. The first-order valence-electron chi connectivity index (χ1n) is 5.05. The van der Waals surface area contributed by atoms with Crippen LogP contribution in [0.4, 0.5) is 18.9 Å². The first kappa shape index (κ1) is 12.7. The standard InChI is InChI=1S/C11H9F3INO/c12-11(13,14)7-3-8(15)5-9(4-7)16-10(17)6-1-2-6/h3-6H,1-2H2,(H,16,17). The van der Waals surface area contributed by atoms with E-state index in [1.54, 1.807) is 22.6 Å². The van der Waals surface area contributed by atoms with Gasteiger partial charge in [-0.05, 0) is 53.6 Å². The zero-order valence-corrected chi connectivity index (χ0v) is 10.8. The predicted molar refractivity (Wildman–Crippen MR) is 65.5 cm³/mol. The summed E-state index contributed by atoms with van der Waals surface area (Å²) in [7, 11) is 0. The van der Waals surface area contributed by atoms with Crippen LogP contribution in [0.3, 0.4) is 0 Å². The second-order valence-electron chi connectivity index (χ2n) is 3.99. The van der Waals surface area contributed by atoms with Crippen molar-refractivity contribution in [2.75, 3.05) is 5.32 Å². The molecule has 1 amide bonds. The number of rotatable bonds is 2. The van der Waals surface area contributed by atoms with E-state index in [4.69, 9.17) is 0 Å². The highest BCUT2D eigenvalue weighted by atomic mass is 127. The van der Waals surface area contributed by atoms with Gasteiger partial charge in [-0.15, -0.1) is 0 Å². The van der Waals surface area contributed by atoms with Crippen molar-refractivity contribution in [3.05, 3.63) is 27.3 Å². The lowest BCUT2D eigenvalue weighted by atomic mass is 10.2. The van der Waals surface area contributed by atoms with E-state index in [1.165, 1.54) is 6.07 Å². The number of hydrogen-bond donors (Lipinski definition) is 1. The van der Waals surface area contributed by atoms with Crippen LogP contribution in [0.1, 0.15) is 18.4 Å². The second kappa shape index (κ2) is 4.47. The molecule has 17 heavy (non-hydrogen) atoms. The summed E-state index contributed by atoms with van der Waals surface area (Å²) in [5.41, 5.74) is -0.531. The van der Waals surface area contributed by atoms with Crippen molar-refractivity contribution in [2.24, 2.45) is 5.92 Å². The average molecular weight is 355 g/mol. The molecule has 0 saturated heterocycles. The SMILES string of the molecule is O=C(Nc1cc(I)cc(C(F)(F)F)c1)C1CC1. The number of alkyl halides is 3. The van der Waals surface area contributed by atoms with Crippen LogP contribution < -0.4 is 5.32 Å². The van der Waals surface area contributed by atoms with Gasteiger partial charge >= 0.3 is 6.18 Å². The highest BCUT2D eigenvalue weighted by Gasteiger charge is 2.32. The molecule has 1 aliphatic carbocycles. The van der Waals surface area contributed by atoms with Gasteiger partial charge in [-0.1, -0.05) is 0 Å². The van der Waals surface area contributed by atoms with Crippen molar-refractivity contribution in [2.45, 2.75) is 19.0 Å². The number of halogens is 4. The maximum Gasteiger partial charge on any atom is 0.416 e. The lowest BCUT2D eigenvalue weighted by molar-refractivity contribution is -0.137. The van der Waals surface area contributed by atoms with Gasteiger partial charge in [0.15, 0.2) is 0 Å². The zero-order chi connectivity index (χ0) is 12.6. The molecule has 6 heteroatoms. The molecule has 1 aliphatic rings. The van der Waals surface area contributed by atoms with Crippen LogP contribution in [0.5, 0.6) is 0 Å². The van der Waals surface area contributed by atoms with Gasteiger partial charge in [0.25, 0.3) is 0 Å². The smallest absolute Gasteiger partial charge is 0.326 e. The van der Waals surface area contributed by atoms with Gasteiger partial charge in [0.1, 0.15) is 0 Å². The molecule has 0 radical (unpaired) electrons. The van der Waals surface area contributed by atoms with E-state index in [2.05, 4.69) is 5.32 Å². The molecule has 1 aromatic carbocycles. The van der Waals surface area contributed by atoms with Crippen molar-refractivity contribution >= 4 is 34.2 Å². The first-order valence-corrected chi connectivity index (χ1v) is 6.13. The molecular formula is C11H9F3INO. The van der Waals surface area contributed by atoms with Gasteiger partial charge < -0.3 is 5.32 Å². The predicted octanol–water partition coefficient (Wildman–Crippen LogP) is 3.66. The van der Waals surface area contributed by atoms with Crippen molar-refractivity contribution in [1.82, 2.24) is 0 Å². The molecule has 1 aromatic rings. The lowest BCUT2D eigenvalue weighted by Gasteiger charge is -2.10. The summed E-state index contributed by atoms with van der Waals surface area (Å²) >= 11 is 1.80. The van der Waals surface area contributed by atoms with E-state index in [0.29, 0.717) is 3.57 Å². The zero-order valence-electron chi connectivity index (χ0n) is 8.64. The van der Waals surface area contributed by atoms with E-state index in [0.717, 1.165) is 25.0 Å². The van der Waals surface area contributed by atoms with Crippen molar-refractivity contribution in [3.63, 3.8) is 0 Å². The molecule has 0 bridgehead atoms. The molecule has 1 saturated carbocycles. The Balaban J connectivity index is 2.22. The molecule has 2 rings (SSSR count). The normalized spacial score (nSPS) is 15.8. The van der Waals surface area contributed by atoms with Crippen molar-refractivity contribution in [3.8, 4) is 0 Å². The topological polar surface area (TPSA) is 29.1 Å². The average Bonchev–Trinajstić information content (AvgIpc) is 2.97. The molecule has 0 unspecified atom stereocenters. The molecule has 1 N–H and O–H groups in total. The summed E-state index contributed by atoms with van der Waals surface area (Å²) in [5.74, 6) is -0.220. The number of nitrogens with one attached hydrogen (secondary N) is 1. The van der Waals surface area contributed by atoms with E-state index in [9.17, 15) is 18.0 Å². The number of anilines is 1. The molecule has 0 spiro atoms. The second-order valence-corrected chi connectivity index (χ2v) is 5.24. The van der Waals surface area contributed by atoms with Gasteiger partial charge in [0.2, 0.25) is 5.91 Å². The molecule has 1 fully saturated rings. The van der Waals surface area contributed by atoms with Gasteiger partial charge in [-0.25, -0.2) is 0 Å². The third kappa shape index (κ3) is 3.34. The van der Waals surface area contributed by atoms with Crippen LogP contribution >= 0.6 is 22.6 Å². The van der Waals surface area contributed by atoms with E-state index < -0.39 is 11.7 Å². The molecule has 0 atom stereocenters. The molecule has 0 aliphatic heterocycles. The Morgan fingerprint density at radius 1 is 1.29 bits per heavy atom. The number of benzene rings is 1. The van der Waals surface area contributed by atoms with Gasteiger partial charge in [-0.2, -0.15) is 13.2 Å². The Morgan fingerprint density at radius 2 is 1.94 bits per heavy atom. The van der Waals surface area contributed by atoms with Gasteiger partial charge in [0.05, 0.1) is 5.56 Å². The van der Waals surface area contributed by atoms with E-state index >= 15 is 0 Å². The summed E-state index contributed by atoms with van der Waals surface area (Å²) in [4.78, 5) is 11.5. The number of carbonyl (C=O) groups is 1. The fourth-order valence-corrected chi connectivity index (χ4v) is 2.09. The Hall–Kier alpha value is -0.790. The third-order valence-electron chi connectivity index (χ3n) is 2.44. The quantitative estimate of drug-likeness (QED) is 0.807. The molecule has 2 nitrogen and oxygen atoms in total. The van der Waals surface area contributed by atoms with Crippen LogP contribution in [-0.2, 0) is 11.0 Å². The third-order valence-corrected chi connectivity index (χ3v) is 3.06. The maximum absolute atomic E-state index is 12.5. The van der Waals surface area contributed by atoms with Gasteiger partial charge in [0, 0.05) is 15.2 Å². The van der Waals surface area contributed by atoms with Crippen molar-refractivity contribution in [1.29, 1.82) is 0 Å². The summed E-state index contributed by atoms with van der Waals surface area (Å²) in [6, 6.07) is 3.53. The number of hydrogen-bond acceptors (Lipinski definition) is 1. The largest absolute Gasteiger partial charge is 0.416 e. The highest BCUT2D eigenvalue weighted by Crippen LogP contribution is 2.34. The minimum atomic E-state index is -4.39. The molecule has 0 aromatic heterocycles. The Labute approximate surface area is 110 Å². The Bertz CT molecular complexity index is 455. The maximum atomic E-state index is 12.5. The molecular weight excluding hydrogens is 346 g/mol. The van der Waals surface area contributed by atoms with Crippen LogP contribution in [0.15, 0.2) is 18.2 Å². The number of amides is 1. The fourth-order valence-electron chi connectivity index (χ4n) is 1.42. The monoisotopic (exact) mass is 355 g/mol. The van der Waals surface area contributed by atoms with Crippen LogP contribution in [0.2, 0.25) is 0 Å².